The maximum absolute atomic E-state index is 12.0. The zero-order chi connectivity index (χ0) is 15.5. The quantitative estimate of drug-likeness (QED) is 0.682. The average molecular weight is 338 g/mol. The molecule has 0 radical (unpaired) electrons. The van der Waals surface area contributed by atoms with Crippen molar-refractivity contribution in [2.75, 3.05) is 24.7 Å². The fourth-order valence-corrected chi connectivity index (χ4v) is 3.37. The Morgan fingerprint density at radius 3 is 2.73 bits per heavy atom. The zero-order valence-electron chi connectivity index (χ0n) is 11.9. The van der Waals surface area contributed by atoms with Gasteiger partial charge in [-0.3, -0.25) is 4.79 Å². The molecule has 0 unspecified atom stereocenters. The molecular formula is C14H16ClN5OS. The van der Waals surface area contributed by atoms with E-state index in [-0.39, 0.29) is 5.91 Å². The lowest BCUT2D eigenvalue weighted by Crippen LogP contribution is -2.29. The van der Waals surface area contributed by atoms with E-state index in [1.54, 1.807) is 6.07 Å². The molecule has 1 fully saturated rings. The summed E-state index contributed by atoms with van der Waals surface area (Å²) in [5, 5.41) is 9.20. The zero-order valence-corrected chi connectivity index (χ0v) is 13.5. The normalized spacial score (nSPS) is 14.5. The predicted molar refractivity (Wildman–Crippen MR) is 87.2 cm³/mol. The Labute approximate surface area is 137 Å². The summed E-state index contributed by atoms with van der Waals surface area (Å²) in [6.45, 7) is 1.69. The van der Waals surface area contributed by atoms with Crippen molar-refractivity contribution < 1.29 is 4.79 Å². The number of hydrogen-bond donors (Lipinski definition) is 1. The number of nitrogens with zero attached hydrogens (tertiary/aromatic N) is 4. The van der Waals surface area contributed by atoms with Crippen molar-refractivity contribution in [1.82, 2.24) is 19.8 Å². The lowest BCUT2D eigenvalue weighted by Gasteiger charge is -2.14. The molecule has 1 saturated heterocycles. The Morgan fingerprint density at radius 1 is 1.27 bits per heavy atom. The molecule has 0 bridgehead atoms. The highest BCUT2D eigenvalue weighted by molar-refractivity contribution is 7.99. The second-order valence-electron chi connectivity index (χ2n) is 5.03. The highest BCUT2D eigenvalue weighted by atomic mass is 35.5. The molecule has 1 aromatic heterocycles. The Morgan fingerprint density at radius 2 is 2.00 bits per heavy atom. The van der Waals surface area contributed by atoms with Crippen molar-refractivity contribution in [3.63, 3.8) is 0 Å². The number of thioether (sulfide) groups is 1. The summed E-state index contributed by atoms with van der Waals surface area (Å²) in [5.41, 5.74) is 0.719. The van der Waals surface area contributed by atoms with Crippen molar-refractivity contribution in [3.8, 4) is 11.4 Å². The van der Waals surface area contributed by atoms with Crippen LogP contribution in [0, 0.1) is 0 Å². The van der Waals surface area contributed by atoms with Gasteiger partial charge in [0, 0.05) is 18.7 Å². The van der Waals surface area contributed by atoms with E-state index < -0.39 is 0 Å². The number of nitrogen functional groups attached to an aromatic ring is 1. The summed E-state index contributed by atoms with van der Waals surface area (Å²) >= 11 is 7.44. The van der Waals surface area contributed by atoms with Crippen LogP contribution in [0.15, 0.2) is 29.4 Å². The number of benzene rings is 1. The first-order valence-corrected chi connectivity index (χ1v) is 8.39. The van der Waals surface area contributed by atoms with Crippen LogP contribution in [0.2, 0.25) is 5.02 Å². The molecule has 0 atom stereocenters. The third-order valence-electron chi connectivity index (χ3n) is 3.56. The van der Waals surface area contributed by atoms with Gasteiger partial charge in [0.1, 0.15) is 0 Å². The molecule has 1 aliphatic heterocycles. The van der Waals surface area contributed by atoms with E-state index in [9.17, 15) is 4.79 Å². The first kappa shape index (κ1) is 15.2. The number of amides is 1. The topological polar surface area (TPSA) is 77.0 Å². The van der Waals surface area contributed by atoms with E-state index in [2.05, 4.69) is 10.2 Å². The second-order valence-corrected chi connectivity index (χ2v) is 6.38. The van der Waals surface area contributed by atoms with E-state index in [1.165, 1.54) is 16.4 Å². The minimum Gasteiger partial charge on any atom is -0.342 e. The molecule has 3 rings (SSSR count). The minimum atomic E-state index is 0.116. The first-order chi connectivity index (χ1) is 10.7. The van der Waals surface area contributed by atoms with E-state index in [0.29, 0.717) is 21.8 Å². The lowest BCUT2D eigenvalue weighted by molar-refractivity contribution is -0.127. The summed E-state index contributed by atoms with van der Waals surface area (Å²) in [6, 6.07) is 7.31. The van der Waals surface area contributed by atoms with Gasteiger partial charge in [-0.25, -0.2) is 4.68 Å². The Bertz CT molecular complexity index is 684. The Kier molecular flexibility index (Phi) is 4.54. The monoisotopic (exact) mass is 337 g/mol. The van der Waals surface area contributed by atoms with E-state index in [4.69, 9.17) is 17.4 Å². The van der Waals surface area contributed by atoms with Crippen molar-refractivity contribution in [3.05, 3.63) is 29.3 Å². The maximum Gasteiger partial charge on any atom is 0.233 e. The first-order valence-electron chi connectivity index (χ1n) is 7.03. The van der Waals surface area contributed by atoms with Gasteiger partial charge < -0.3 is 10.7 Å². The molecule has 0 saturated carbocycles. The summed E-state index contributed by atoms with van der Waals surface area (Å²) in [5.74, 6) is 6.95. The van der Waals surface area contributed by atoms with E-state index in [0.717, 1.165) is 31.5 Å². The van der Waals surface area contributed by atoms with E-state index >= 15 is 0 Å². The van der Waals surface area contributed by atoms with Gasteiger partial charge in [0.25, 0.3) is 0 Å². The van der Waals surface area contributed by atoms with Gasteiger partial charge >= 0.3 is 0 Å². The van der Waals surface area contributed by atoms with Crippen LogP contribution in [-0.2, 0) is 4.79 Å². The molecule has 0 spiro atoms. The maximum atomic E-state index is 12.0. The second kappa shape index (κ2) is 6.58. The molecule has 0 aliphatic carbocycles. The molecule has 6 nitrogen and oxygen atoms in total. The van der Waals surface area contributed by atoms with Gasteiger partial charge in [-0.2, -0.15) is 0 Å². The fourth-order valence-electron chi connectivity index (χ4n) is 2.39. The third-order valence-corrected chi connectivity index (χ3v) is 4.82. The Balaban J connectivity index is 1.71. The van der Waals surface area contributed by atoms with Crippen molar-refractivity contribution >= 4 is 29.3 Å². The fraction of sp³-hybridized carbons (Fsp3) is 0.357. The van der Waals surface area contributed by atoms with Gasteiger partial charge in [0.05, 0.1) is 10.8 Å². The number of carbonyl (C=O) groups is 1. The summed E-state index contributed by atoms with van der Waals surface area (Å²) < 4.78 is 1.38. The molecule has 1 amide bonds. The molecule has 22 heavy (non-hydrogen) atoms. The SMILES string of the molecule is Nn1c(SCC(=O)N2CCCC2)nnc1-c1ccccc1Cl. The van der Waals surface area contributed by atoms with Gasteiger partial charge in [-0.1, -0.05) is 35.5 Å². The van der Waals surface area contributed by atoms with Crippen LogP contribution >= 0.6 is 23.4 Å². The van der Waals surface area contributed by atoms with Crippen molar-refractivity contribution in [1.29, 1.82) is 0 Å². The van der Waals surface area contributed by atoms with Gasteiger partial charge in [0.2, 0.25) is 11.1 Å². The number of likely N-dealkylation sites (tertiary alicyclic amines) is 1. The van der Waals surface area contributed by atoms with Crippen LogP contribution in [-0.4, -0.2) is 44.5 Å². The van der Waals surface area contributed by atoms with Crippen LogP contribution in [0.1, 0.15) is 12.8 Å². The van der Waals surface area contributed by atoms with Crippen LogP contribution < -0.4 is 5.84 Å². The van der Waals surface area contributed by atoms with Gasteiger partial charge in [-0.05, 0) is 25.0 Å². The number of halogens is 1. The lowest BCUT2D eigenvalue weighted by atomic mass is 10.2. The van der Waals surface area contributed by atoms with Crippen LogP contribution in [0.3, 0.4) is 0 Å². The number of hydrogen-bond acceptors (Lipinski definition) is 5. The van der Waals surface area contributed by atoms with Crippen LogP contribution in [0.5, 0.6) is 0 Å². The van der Waals surface area contributed by atoms with Gasteiger partial charge in [-0.15, -0.1) is 10.2 Å². The molecule has 8 heteroatoms. The number of carbonyl (C=O) groups excluding carboxylic acids is 1. The molecule has 116 valence electrons. The molecule has 2 heterocycles. The highest BCUT2D eigenvalue weighted by Gasteiger charge is 2.20. The molecule has 1 aliphatic rings. The van der Waals surface area contributed by atoms with Crippen LogP contribution in [0.4, 0.5) is 0 Å². The molecule has 1 aromatic carbocycles. The number of rotatable bonds is 4. The highest BCUT2D eigenvalue weighted by Crippen LogP contribution is 2.27. The van der Waals surface area contributed by atoms with E-state index in [1.807, 2.05) is 23.1 Å². The summed E-state index contributed by atoms with van der Waals surface area (Å²) in [4.78, 5) is 13.9. The summed E-state index contributed by atoms with van der Waals surface area (Å²) in [6.07, 6.45) is 2.17. The standard InChI is InChI=1S/C14H16ClN5OS/c15-11-6-2-1-5-10(11)13-17-18-14(20(13)16)22-9-12(21)19-7-3-4-8-19/h1-2,5-6H,3-4,7-9,16H2. The molecular weight excluding hydrogens is 322 g/mol. The number of nitrogens with two attached hydrogens (primary N) is 1. The largest absolute Gasteiger partial charge is 0.342 e. The Hall–Kier alpha value is -1.73. The van der Waals surface area contributed by atoms with Crippen molar-refractivity contribution in [2.45, 2.75) is 18.0 Å². The number of aromatic nitrogens is 3. The van der Waals surface area contributed by atoms with Crippen LogP contribution in [0.25, 0.3) is 11.4 Å². The van der Waals surface area contributed by atoms with Gasteiger partial charge in [0.15, 0.2) is 5.82 Å². The smallest absolute Gasteiger partial charge is 0.233 e. The third kappa shape index (κ3) is 3.05. The predicted octanol–water partition coefficient (Wildman–Crippen LogP) is 2.03. The van der Waals surface area contributed by atoms with Crippen molar-refractivity contribution in [2.24, 2.45) is 0 Å². The average Bonchev–Trinajstić information content (AvgIpc) is 3.16. The molecule has 2 aromatic rings. The minimum absolute atomic E-state index is 0.116. The summed E-state index contributed by atoms with van der Waals surface area (Å²) in [7, 11) is 0. The molecule has 2 N–H and O–H groups in total.